The molecule has 0 heterocycles. The van der Waals surface area contributed by atoms with E-state index in [0.717, 1.165) is 0 Å². The number of halogens is 2. The first-order valence-corrected chi connectivity index (χ1v) is 5.52. The summed E-state index contributed by atoms with van der Waals surface area (Å²) in [6, 6.07) is 4.22. The van der Waals surface area contributed by atoms with Crippen molar-refractivity contribution in [2.45, 2.75) is 12.5 Å². The SMILES string of the molecule is NC(CO)CNCCc1cc(Cl)ccc1F. The molecule has 3 nitrogen and oxygen atoms in total. The van der Waals surface area contributed by atoms with Crippen LogP contribution in [-0.4, -0.2) is 30.8 Å². The minimum Gasteiger partial charge on any atom is -0.395 e. The summed E-state index contributed by atoms with van der Waals surface area (Å²) in [4.78, 5) is 0. The lowest BCUT2D eigenvalue weighted by Gasteiger charge is -2.10. The van der Waals surface area contributed by atoms with Gasteiger partial charge in [-0.1, -0.05) is 11.6 Å². The van der Waals surface area contributed by atoms with Crippen LogP contribution in [0.25, 0.3) is 0 Å². The first-order chi connectivity index (χ1) is 7.63. The number of nitrogens with two attached hydrogens (primary N) is 1. The lowest BCUT2D eigenvalue weighted by atomic mass is 10.1. The summed E-state index contributed by atoms with van der Waals surface area (Å²) in [5.74, 6) is -0.252. The van der Waals surface area contributed by atoms with E-state index in [1.807, 2.05) is 0 Å². The van der Waals surface area contributed by atoms with Gasteiger partial charge in [0.05, 0.1) is 6.61 Å². The third kappa shape index (κ3) is 4.45. The van der Waals surface area contributed by atoms with Gasteiger partial charge in [0.15, 0.2) is 0 Å². The molecule has 0 spiro atoms. The second-order valence-electron chi connectivity index (χ2n) is 3.63. The van der Waals surface area contributed by atoms with Crippen molar-refractivity contribution in [1.29, 1.82) is 0 Å². The van der Waals surface area contributed by atoms with Gasteiger partial charge in [-0.05, 0) is 36.7 Å². The molecule has 0 aliphatic rings. The summed E-state index contributed by atoms with van der Waals surface area (Å²) < 4.78 is 13.3. The molecule has 0 aliphatic heterocycles. The van der Waals surface area contributed by atoms with Crippen LogP contribution in [0.3, 0.4) is 0 Å². The predicted molar refractivity (Wildman–Crippen MR) is 63.0 cm³/mol. The minimum absolute atomic E-state index is 0.0570. The van der Waals surface area contributed by atoms with Crippen molar-refractivity contribution in [2.24, 2.45) is 5.73 Å². The second kappa shape index (κ2) is 6.81. The fraction of sp³-hybridized carbons (Fsp3) is 0.455. The zero-order chi connectivity index (χ0) is 12.0. The lowest BCUT2D eigenvalue weighted by molar-refractivity contribution is 0.262. The molecule has 4 N–H and O–H groups in total. The number of aliphatic hydroxyl groups excluding tert-OH is 1. The molecule has 0 saturated carbocycles. The van der Waals surface area contributed by atoms with Crippen molar-refractivity contribution in [2.75, 3.05) is 19.7 Å². The van der Waals surface area contributed by atoms with Crippen molar-refractivity contribution in [3.05, 3.63) is 34.6 Å². The van der Waals surface area contributed by atoms with E-state index in [-0.39, 0.29) is 18.5 Å². The zero-order valence-corrected chi connectivity index (χ0v) is 9.67. The van der Waals surface area contributed by atoms with Gasteiger partial charge in [-0.3, -0.25) is 0 Å². The Kier molecular flexibility index (Phi) is 5.69. The molecule has 1 aromatic rings. The largest absolute Gasteiger partial charge is 0.395 e. The summed E-state index contributed by atoms with van der Waals surface area (Å²) in [6.07, 6.45) is 0.546. The van der Waals surface area contributed by atoms with Crippen LogP contribution in [0.15, 0.2) is 18.2 Å². The molecule has 16 heavy (non-hydrogen) atoms. The zero-order valence-electron chi connectivity index (χ0n) is 8.92. The van der Waals surface area contributed by atoms with Gasteiger partial charge in [0, 0.05) is 17.6 Å². The summed E-state index contributed by atoms with van der Waals surface area (Å²) in [7, 11) is 0. The van der Waals surface area contributed by atoms with Crippen molar-refractivity contribution in [3.8, 4) is 0 Å². The molecule has 0 saturated heterocycles. The Labute approximate surface area is 99.4 Å². The molecule has 0 aliphatic carbocycles. The Morgan fingerprint density at radius 1 is 1.50 bits per heavy atom. The van der Waals surface area contributed by atoms with E-state index in [0.29, 0.717) is 30.1 Å². The monoisotopic (exact) mass is 246 g/mol. The third-order valence-electron chi connectivity index (χ3n) is 2.22. The number of aliphatic hydroxyl groups is 1. The Morgan fingerprint density at radius 3 is 2.94 bits per heavy atom. The number of benzene rings is 1. The highest BCUT2D eigenvalue weighted by atomic mass is 35.5. The van der Waals surface area contributed by atoms with Gasteiger partial charge in [0.1, 0.15) is 5.82 Å². The number of nitrogens with one attached hydrogen (secondary N) is 1. The maximum Gasteiger partial charge on any atom is 0.126 e. The highest BCUT2D eigenvalue weighted by Gasteiger charge is 2.03. The van der Waals surface area contributed by atoms with Crippen LogP contribution < -0.4 is 11.1 Å². The topological polar surface area (TPSA) is 58.3 Å². The van der Waals surface area contributed by atoms with Crippen molar-refractivity contribution in [1.82, 2.24) is 5.32 Å². The normalized spacial score (nSPS) is 12.8. The van der Waals surface area contributed by atoms with Gasteiger partial charge in [-0.2, -0.15) is 0 Å². The van der Waals surface area contributed by atoms with E-state index >= 15 is 0 Å². The molecule has 0 radical (unpaired) electrons. The van der Waals surface area contributed by atoms with E-state index in [4.69, 9.17) is 22.4 Å². The molecule has 5 heteroatoms. The summed E-state index contributed by atoms with van der Waals surface area (Å²) in [6.45, 7) is 1.06. The molecule has 0 amide bonds. The van der Waals surface area contributed by atoms with Crippen LogP contribution in [0.1, 0.15) is 5.56 Å². The summed E-state index contributed by atoms with van der Waals surface area (Å²) in [5.41, 5.74) is 6.08. The highest BCUT2D eigenvalue weighted by Crippen LogP contribution is 2.14. The molecule has 90 valence electrons. The summed E-state index contributed by atoms with van der Waals surface area (Å²) >= 11 is 5.76. The van der Waals surface area contributed by atoms with Crippen LogP contribution >= 0.6 is 11.6 Å². The van der Waals surface area contributed by atoms with Gasteiger partial charge >= 0.3 is 0 Å². The van der Waals surface area contributed by atoms with Gasteiger partial charge in [-0.15, -0.1) is 0 Å². The Hall–Kier alpha value is -0.680. The number of hydrogen-bond acceptors (Lipinski definition) is 3. The Bertz CT molecular complexity index is 336. The highest BCUT2D eigenvalue weighted by molar-refractivity contribution is 6.30. The first-order valence-electron chi connectivity index (χ1n) is 5.14. The third-order valence-corrected chi connectivity index (χ3v) is 2.46. The fourth-order valence-corrected chi connectivity index (χ4v) is 1.50. The van der Waals surface area contributed by atoms with Crippen LogP contribution in [0.5, 0.6) is 0 Å². The van der Waals surface area contributed by atoms with Crippen LogP contribution in [0, 0.1) is 5.82 Å². The van der Waals surface area contributed by atoms with Crippen molar-refractivity contribution in [3.63, 3.8) is 0 Å². The predicted octanol–water partition coefficient (Wildman–Crippen LogP) is 0.931. The molecular weight excluding hydrogens is 231 g/mol. The van der Waals surface area contributed by atoms with E-state index in [1.165, 1.54) is 12.1 Å². The van der Waals surface area contributed by atoms with E-state index < -0.39 is 0 Å². The summed E-state index contributed by atoms with van der Waals surface area (Å²) in [5, 5.41) is 12.3. The average Bonchev–Trinajstić information content (AvgIpc) is 2.28. The van der Waals surface area contributed by atoms with E-state index in [9.17, 15) is 4.39 Å². The Balaban J connectivity index is 2.34. The molecule has 1 atom stereocenters. The second-order valence-corrected chi connectivity index (χ2v) is 4.07. The van der Waals surface area contributed by atoms with Crippen molar-refractivity contribution < 1.29 is 9.50 Å². The van der Waals surface area contributed by atoms with Gasteiger partial charge in [0.25, 0.3) is 0 Å². The molecule has 1 aromatic carbocycles. The molecule has 0 aromatic heterocycles. The minimum atomic E-state index is -0.274. The van der Waals surface area contributed by atoms with Crippen LogP contribution in [0.2, 0.25) is 5.02 Å². The molecule has 0 bridgehead atoms. The van der Waals surface area contributed by atoms with E-state index in [1.54, 1.807) is 6.07 Å². The number of hydrogen-bond donors (Lipinski definition) is 3. The lowest BCUT2D eigenvalue weighted by Crippen LogP contribution is -2.37. The Morgan fingerprint density at radius 2 is 2.25 bits per heavy atom. The van der Waals surface area contributed by atoms with Crippen molar-refractivity contribution >= 4 is 11.6 Å². The molecular formula is C11H16ClFN2O. The standard InChI is InChI=1S/C11H16ClFN2O/c12-9-1-2-11(13)8(5-9)3-4-15-6-10(14)7-16/h1-2,5,10,15-16H,3-4,6-7,14H2. The van der Waals surface area contributed by atoms with Gasteiger partial charge in [0.2, 0.25) is 0 Å². The van der Waals surface area contributed by atoms with Crippen LogP contribution in [-0.2, 0) is 6.42 Å². The first kappa shape index (κ1) is 13.4. The molecule has 1 unspecified atom stereocenters. The number of rotatable bonds is 6. The molecule has 1 rings (SSSR count). The fourth-order valence-electron chi connectivity index (χ4n) is 1.31. The maximum atomic E-state index is 13.3. The van der Waals surface area contributed by atoms with Crippen LogP contribution in [0.4, 0.5) is 4.39 Å². The van der Waals surface area contributed by atoms with Gasteiger partial charge < -0.3 is 16.2 Å². The maximum absolute atomic E-state index is 13.3. The smallest absolute Gasteiger partial charge is 0.126 e. The van der Waals surface area contributed by atoms with Gasteiger partial charge in [-0.25, -0.2) is 4.39 Å². The quantitative estimate of drug-likeness (QED) is 0.655. The molecule has 0 fully saturated rings. The van der Waals surface area contributed by atoms with E-state index in [2.05, 4.69) is 5.32 Å². The average molecular weight is 247 g/mol.